The van der Waals surface area contributed by atoms with Gasteiger partial charge in [0.25, 0.3) is 0 Å². The molecular formula is C10H19NO2. The Labute approximate surface area is 79.7 Å². The van der Waals surface area contributed by atoms with Gasteiger partial charge in [-0.25, -0.2) is 0 Å². The maximum absolute atomic E-state index is 11.5. The van der Waals surface area contributed by atoms with Crippen LogP contribution in [0, 0.1) is 5.92 Å². The topological polar surface area (TPSA) is 40.5 Å². The third-order valence-corrected chi connectivity index (χ3v) is 2.51. The maximum atomic E-state index is 11.5. The zero-order valence-corrected chi connectivity index (χ0v) is 8.49. The van der Waals surface area contributed by atoms with E-state index in [0.29, 0.717) is 30.8 Å². The normalized spacial score (nSPS) is 17.0. The molecule has 1 fully saturated rings. The van der Waals surface area contributed by atoms with Crippen LogP contribution in [-0.2, 0) is 4.79 Å². The van der Waals surface area contributed by atoms with Crippen molar-refractivity contribution in [2.75, 3.05) is 19.7 Å². The van der Waals surface area contributed by atoms with Gasteiger partial charge in [0.05, 0.1) is 13.2 Å². The molecule has 1 rings (SSSR count). The van der Waals surface area contributed by atoms with E-state index in [9.17, 15) is 4.79 Å². The number of carbonyl (C=O) groups is 1. The van der Waals surface area contributed by atoms with E-state index in [-0.39, 0.29) is 6.61 Å². The molecule has 0 aromatic rings. The Hall–Kier alpha value is -0.410. The lowest BCUT2D eigenvalue weighted by Gasteiger charge is -2.24. The van der Waals surface area contributed by atoms with E-state index in [1.165, 1.54) is 0 Å². The summed E-state index contributed by atoms with van der Waals surface area (Å²) in [5.41, 5.74) is 0. The Morgan fingerprint density at radius 3 is 2.54 bits per heavy atom. The van der Waals surface area contributed by atoms with Crippen molar-refractivity contribution in [2.45, 2.75) is 32.7 Å². The monoisotopic (exact) mass is 185 g/mol. The summed E-state index contributed by atoms with van der Waals surface area (Å²) in [7, 11) is 0. The van der Waals surface area contributed by atoms with E-state index in [0.717, 1.165) is 12.8 Å². The van der Waals surface area contributed by atoms with Crippen molar-refractivity contribution < 1.29 is 9.90 Å². The van der Waals surface area contributed by atoms with Crippen molar-refractivity contribution in [2.24, 2.45) is 5.92 Å². The molecule has 0 bridgehead atoms. The molecule has 1 aliphatic carbocycles. The summed E-state index contributed by atoms with van der Waals surface area (Å²) in [6.45, 7) is 5.36. The van der Waals surface area contributed by atoms with Gasteiger partial charge in [0.1, 0.15) is 5.78 Å². The predicted octanol–water partition coefficient (Wildman–Crippen LogP) is 0.668. The lowest BCUT2D eigenvalue weighted by Crippen LogP contribution is -2.38. The minimum Gasteiger partial charge on any atom is -0.395 e. The number of Topliss-reactive ketones (excluding diaryl/α,β-unsaturated/α-hetero) is 1. The van der Waals surface area contributed by atoms with Gasteiger partial charge in [0.15, 0.2) is 0 Å². The lowest BCUT2D eigenvalue weighted by molar-refractivity contribution is -0.121. The van der Waals surface area contributed by atoms with Crippen LogP contribution in [0.3, 0.4) is 0 Å². The first-order valence-corrected chi connectivity index (χ1v) is 5.02. The molecule has 0 spiro atoms. The second-order valence-corrected chi connectivity index (χ2v) is 4.03. The molecule has 0 aliphatic heterocycles. The van der Waals surface area contributed by atoms with Gasteiger partial charge in [-0.1, -0.05) is 0 Å². The molecule has 0 heterocycles. The van der Waals surface area contributed by atoms with Gasteiger partial charge in [-0.3, -0.25) is 9.69 Å². The zero-order chi connectivity index (χ0) is 9.84. The number of rotatable bonds is 6. The van der Waals surface area contributed by atoms with Gasteiger partial charge in [-0.2, -0.15) is 0 Å². The van der Waals surface area contributed by atoms with E-state index in [4.69, 9.17) is 5.11 Å². The van der Waals surface area contributed by atoms with Gasteiger partial charge in [-0.05, 0) is 26.7 Å². The highest BCUT2D eigenvalue weighted by molar-refractivity contribution is 5.85. The van der Waals surface area contributed by atoms with Gasteiger partial charge >= 0.3 is 0 Å². The van der Waals surface area contributed by atoms with Crippen LogP contribution in [0.25, 0.3) is 0 Å². The molecule has 0 radical (unpaired) electrons. The molecule has 0 aromatic carbocycles. The second kappa shape index (κ2) is 4.72. The molecule has 3 nitrogen and oxygen atoms in total. The van der Waals surface area contributed by atoms with Gasteiger partial charge < -0.3 is 5.11 Å². The van der Waals surface area contributed by atoms with E-state index in [1.54, 1.807) is 0 Å². The van der Waals surface area contributed by atoms with Crippen LogP contribution in [-0.4, -0.2) is 41.5 Å². The third kappa shape index (κ3) is 3.44. The van der Waals surface area contributed by atoms with Crippen LogP contribution in [0.4, 0.5) is 0 Å². The summed E-state index contributed by atoms with van der Waals surface area (Å²) in [6, 6.07) is 0.342. The summed E-state index contributed by atoms with van der Waals surface area (Å²) in [6.07, 6.45) is 2.15. The first-order chi connectivity index (χ1) is 6.15. The minimum atomic E-state index is 0.135. The fourth-order valence-corrected chi connectivity index (χ4v) is 1.38. The molecule has 0 aromatic heterocycles. The zero-order valence-electron chi connectivity index (χ0n) is 8.49. The number of nitrogens with zero attached hydrogens (tertiary/aromatic N) is 1. The van der Waals surface area contributed by atoms with Crippen LogP contribution < -0.4 is 0 Å². The standard InChI is InChI=1S/C10H19NO2/c1-8(2)11(5-6-12)7-10(13)9-3-4-9/h8-9,12H,3-7H2,1-2H3. The smallest absolute Gasteiger partial charge is 0.149 e. The fourth-order valence-electron chi connectivity index (χ4n) is 1.38. The van der Waals surface area contributed by atoms with Crippen molar-refractivity contribution >= 4 is 5.78 Å². The number of aliphatic hydroxyl groups is 1. The number of hydrogen-bond acceptors (Lipinski definition) is 3. The summed E-state index contributed by atoms with van der Waals surface area (Å²) in [4.78, 5) is 13.5. The van der Waals surface area contributed by atoms with E-state index >= 15 is 0 Å². The van der Waals surface area contributed by atoms with E-state index in [2.05, 4.69) is 13.8 Å². The first-order valence-electron chi connectivity index (χ1n) is 5.02. The molecule has 13 heavy (non-hydrogen) atoms. The molecule has 3 heteroatoms. The number of carbonyl (C=O) groups excluding carboxylic acids is 1. The largest absolute Gasteiger partial charge is 0.395 e. The fraction of sp³-hybridized carbons (Fsp3) is 0.900. The van der Waals surface area contributed by atoms with Crippen molar-refractivity contribution in [3.8, 4) is 0 Å². The van der Waals surface area contributed by atoms with Crippen molar-refractivity contribution in [1.82, 2.24) is 4.90 Å². The van der Waals surface area contributed by atoms with Crippen molar-refractivity contribution in [3.63, 3.8) is 0 Å². The number of aliphatic hydroxyl groups excluding tert-OH is 1. The Bertz CT molecular complexity index is 176. The Morgan fingerprint density at radius 2 is 2.15 bits per heavy atom. The summed E-state index contributed by atoms with van der Waals surface area (Å²) >= 11 is 0. The summed E-state index contributed by atoms with van der Waals surface area (Å²) in [5, 5.41) is 8.80. The Morgan fingerprint density at radius 1 is 1.54 bits per heavy atom. The predicted molar refractivity (Wildman–Crippen MR) is 51.5 cm³/mol. The van der Waals surface area contributed by atoms with Crippen molar-refractivity contribution in [1.29, 1.82) is 0 Å². The van der Waals surface area contributed by atoms with Gasteiger partial charge in [0.2, 0.25) is 0 Å². The molecular weight excluding hydrogens is 166 g/mol. The summed E-state index contributed by atoms with van der Waals surface area (Å²) in [5.74, 6) is 0.682. The highest BCUT2D eigenvalue weighted by Crippen LogP contribution is 2.30. The van der Waals surface area contributed by atoms with Crippen LogP contribution in [0.1, 0.15) is 26.7 Å². The summed E-state index contributed by atoms with van der Waals surface area (Å²) < 4.78 is 0. The molecule has 0 amide bonds. The van der Waals surface area contributed by atoms with Gasteiger partial charge in [0, 0.05) is 18.5 Å². The Balaban J connectivity index is 2.31. The van der Waals surface area contributed by atoms with E-state index < -0.39 is 0 Å². The highest BCUT2D eigenvalue weighted by Gasteiger charge is 2.30. The third-order valence-electron chi connectivity index (χ3n) is 2.51. The lowest BCUT2D eigenvalue weighted by atomic mass is 10.2. The first kappa shape index (κ1) is 10.7. The quantitative estimate of drug-likeness (QED) is 0.661. The number of ketones is 1. The molecule has 0 atom stereocenters. The molecule has 1 saturated carbocycles. The molecule has 76 valence electrons. The van der Waals surface area contributed by atoms with Crippen LogP contribution in [0.5, 0.6) is 0 Å². The maximum Gasteiger partial charge on any atom is 0.149 e. The van der Waals surface area contributed by atoms with Crippen LogP contribution >= 0.6 is 0 Å². The van der Waals surface area contributed by atoms with Crippen LogP contribution in [0.15, 0.2) is 0 Å². The van der Waals surface area contributed by atoms with Gasteiger partial charge in [-0.15, -0.1) is 0 Å². The minimum absolute atomic E-state index is 0.135. The molecule has 1 N–H and O–H groups in total. The average molecular weight is 185 g/mol. The highest BCUT2D eigenvalue weighted by atomic mass is 16.3. The molecule has 0 unspecified atom stereocenters. The second-order valence-electron chi connectivity index (χ2n) is 4.03. The SMILES string of the molecule is CC(C)N(CCO)CC(=O)C1CC1. The molecule has 1 aliphatic rings. The van der Waals surface area contributed by atoms with E-state index in [1.807, 2.05) is 4.90 Å². The number of hydrogen-bond donors (Lipinski definition) is 1. The molecule has 0 saturated heterocycles. The van der Waals surface area contributed by atoms with Crippen molar-refractivity contribution in [3.05, 3.63) is 0 Å². The Kier molecular flexibility index (Phi) is 3.88. The average Bonchev–Trinajstić information content (AvgIpc) is 2.85. The van der Waals surface area contributed by atoms with Crippen LogP contribution in [0.2, 0.25) is 0 Å².